The molecule has 1 aromatic heterocycles. The van der Waals surface area contributed by atoms with Gasteiger partial charge in [0, 0.05) is 10.8 Å². The lowest BCUT2D eigenvalue weighted by atomic mass is 9.84. The monoisotopic (exact) mass is 596 g/mol. The third-order valence-electron chi connectivity index (χ3n) is 7.41. The molecule has 0 saturated heterocycles. The van der Waals surface area contributed by atoms with Crippen molar-refractivity contribution in [3.05, 3.63) is 169 Å². The Kier molecular flexibility index (Phi) is 2.58. The summed E-state index contributed by atoms with van der Waals surface area (Å²) in [6, 6.07) is -13.4. The quantitative estimate of drug-likeness (QED) is 0.184. The molecule has 1 heterocycles. The second kappa shape index (κ2) is 10.4. The highest BCUT2D eigenvalue weighted by molar-refractivity contribution is 6.26. The zero-order valence-corrected chi connectivity index (χ0v) is 22.7. The minimum atomic E-state index is -0.917. The maximum absolute atomic E-state index is 10.0. The second-order valence-corrected chi connectivity index (χ2v) is 9.84. The van der Waals surface area contributed by atoms with Gasteiger partial charge in [0.1, 0.15) is 11.2 Å². The molecule has 210 valence electrons. The zero-order chi connectivity index (χ0) is 50.6. The summed E-state index contributed by atoms with van der Waals surface area (Å²) in [5.74, 6) is 0. The molecule has 0 atom stereocenters. The lowest BCUT2D eigenvalue weighted by Gasteiger charge is -2.19. The molecule has 0 saturated carbocycles. The van der Waals surface area contributed by atoms with Gasteiger partial charge in [-0.25, -0.2) is 0 Å². The van der Waals surface area contributed by atoms with Crippen LogP contribution in [-0.2, 0) is 0 Å². The maximum atomic E-state index is 10.0. The number of fused-ring (bicyclic) bond motifs is 5. The van der Waals surface area contributed by atoms with Crippen LogP contribution >= 0.6 is 0 Å². The number of hydrogen-bond acceptors (Lipinski definition) is 1. The van der Waals surface area contributed by atoms with Gasteiger partial charge in [-0.05, 0) is 84.2 Å². The summed E-state index contributed by atoms with van der Waals surface area (Å²) in [4.78, 5) is 0. The van der Waals surface area contributed by atoms with Gasteiger partial charge in [0.15, 0.2) is 0 Å². The van der Waals surface area contributed by atoms with Crippen molar-refractivity contribution in [3.8, 4) is 44.5 Å². The molecule has 0 amide bonds. The van der Waals surface area contributed by atoms with Crippen LogP contribution in [0, 0.1) is 0 Å². The van der Waals surface area contributed by atoms with Crippen LogP contribution in [0.15, 0.2) is 174 Å². The Balaban J connectivity index is 1.59. The first-order valence-electron chi connectivity index (χ1n) is 25.5. The first-order valence-corrected chi connectivity index (χ1v) is 13.5. The zero-order valence-electron chi connectivity index (χ0n) is 46.7. The van der Waals surface area contributed by atoms with Crippen LogP contribution in [0.1, 0.15) is 32.9 Å². The van der Waals surface area contributed by atoms with Crippen molar-refractivity contribution < 1.29 is 37.3 Å². The van der Waals surface area contributed by atoms with Crippen LogP contribution in [0.4, 0.5) is 0 Å². The molecule has 0 N–H and O–H groups in total. The molecule has 9 aromatic rings. The SMILES string of the molecule is [2H]c1c([2H])c([2H])c(-c2ccc(-c3c4c([2H])c([2H])c([2H])c([2H])c4c(-c4c([2H])c(-c5c([2H])c([2H])c([2H])c([2H])c5[2H])c([2H])c5oc6c([2H])c([2H])c([2H])c([2H])c6c45)c4c([2H])c([2H])c([2H])c([2H])c34)cc2)c([2H])c1[2H]. The van der Waals surface area contributed by atoms with E-state index in [4.69, 9.17) is 29.1 Å². The van der Waals surface area contributed by atoms with E-state index < -0.39 is 211 Å². The van der Waals surface area contributed by atoms with Crippen molar-refractivity contribution in [2.24, 2.45) is 0 Å². The van der Waals surface area contributed by atoms with Crippen LogP contribution < -0.4 is 0 Å². The number of hydrogen-bond donors (Lipinski definition) is 0. The lowest BCUT2D eigenvalue weighted by molar-refractivity contribution is 0.669. The largest absolute Gasteiger partial charge is 0.456 e. The molecule has 0 unspecified atom stereocenters. The molecule has 0 aliphatic rings. The van der Waals surface area contributed by atoms with Crippen molar-refractivity contribution in [1.82, 2.24) is 0 Å². The Morgan fingerprint density at radius 2 is 0.822 bits per heavy atom. The van der Waals surface area contributed by atoms with E-state index in [0.29, 0.717) is 0 Å². The highest BCUT2D eigenvalue weighted by Crippen LogP contribution is 2.48. The van der Waals surface area contributed by atoms with Crippen LogP contribution in [0.5, 0.6) is 0 Å². The van der Waals surface area contributed by atoms with Gasteiger partial charge in [0.2, 0.25) is 0 Å². The Labute approximate surface area is 295 Å². The van der Waals surface area contributed by atoms with E-state index in [2.05, 4.69) is 0 Å². The molecular weight excluding hydrogens is 544 g/mol. The highest BCUT2D eigenvalue weighted by Gasteiger charge is 2.21. The number of para-hydroxylation sites is 1. The predicted octanol–water partition coefficient (Wildman–Crippen LogP) is 12.6. The Hall–Kier alpha value is -5.92. The Morgan fingerprint density at radius 3 is 1.42 bits per heavy atom. The van der Waals surface area contributed by atoms with E-state index in [1.807, 2.05) is 0 Å². The molecule has 1 heteroatoms. The van der Waals surface area contributed by atoms with E-state index in [1.54, 1.807) is 0 Å². The summed E-state index contributed by atoms with van der Waals surface area (Å²) in [5, 5.41) is -2.79. The Bertz CT molecular complexity index is 3740. The fourth-order valence-corrected chi connectivity index (χ4v) is 5.53. The third kappa shape index (κ3) is 4.17. The molecule has 0 fully saturated rings. The van der Waals surface area contributed by atoms with Gasteiger partial charge in [0.05, 0.1) is 32.9 Å². The van der Waals surface area contributed by atoms with E-state index in [0.717, 1.165) is 0 Å². The minimum Gasteiger partial charge on any atom is -0.456 e. The van der Waals surface area contributed by atoms with Crippen LogP contribution in [0.25, 0.3) is 88.0 Å². The van der Waals surface area contributed by atoms with Crippen molar-refractivity contribution in [2.75, 3.05) is 0 Å². The van der Waals surface area contributed by atoms with E-state index in [9.17, 15) is 8.22 Å². The average Bonchev–Trinajstić information content (AvgIpc) is 3.74. The molecule has 0 aliphatic carbocycles. The normalized spacial score (nSPS) is 19.0. The lowest BCUT2D eigenvalue weighted by Crippen LogP contribution is -1.92. The maximum Gasteiger partial charge on any atom is 0.136 e. The van der Waals surface area contributed by atoms with Crippen molar-refractivity contribution in [1.29, 1.82) is 0 Å². The summed E-state index contributed by atoms with van der Waals surface area (Å²) in [5.41, 5.74) is -4.09. The molecule has 0 spiro atoms. The fourth-order valence-electron chi connectivity index (χ4n) is 5.53. The Morgan fingerprint density at radius 1 is 0.356 bits per heavy atom. The molecule has 8 aromatic carbocycles. The van der Waals surface area contributed by atoms with Crippen molar-refractivity contribution in [2.45, 2.75) is 0 Å². The topological polar surface area (TPSA) is 13.1 Å². The number of furan rings is 1. The minimum absolute atomic E-state index is 0.0307. The van der Waals surface area contributed by atoms with Crippen molar-refractivity contribution >= 4 is 43.5 Å². The molecule has 0 radical (unpaired) electrons. The molecule has 45 heavy (non-hydrogen) atoms. The van der Waals surface area contributed by atoms with Gasteiger partial charge in [-0.2, -0.15) is 0 Å². The summed E-state index contributed by atoms with van der Waals surface area (Å²) < 4.78 is 218. The van der Waals surface area contributed by atoms with Gasteiger partial charge < -0.3 is 4.42 Å². The molecule has 0 aliphatic heterocycles. The molecule has 9 rings (SSSR count). The second-order valence-electron chi connectivity index (χ2n) is 9.84. The molecule has 0 bridgehead atoms. The van der Waals surface area contributed by atoms with E-state index >= 15 is 0 Å². The first-order chi connectivity index (χ1) is 32.3. The van der Waals surface area contributed by atoms with Crippen molar-refractivity contribution in [3.63, 3.8) is 0 Å². The van der Waals surface area contributed by atoms with Crippen LogP contribution in [0.3, 0.4) is 0 Å². The van der Waals surface area contributed by atoms with Gasteiger partial charge in [-0.15, -0.1) is 0 Å². The highest BCUT2D eigenvalue weighted by atomic mass is 16.3. The predicted molar refractivity (Wildman–Crippen MR) is 190 cm³/mol. The summed E-state index contributed by atoms with van der Waals surface area (Å²) in [7, 11) is 0. The van der Waals surface area contributed by atoms with Gasteiger partial charge in [-0.3, -0.25) is 0 Å². The standard InChI is InChI=1S/C44H28O/c1-3-13-29(14-4-1)31-23-25-32(26-24-31)42-34-17-7-9-19-36(34)43(37-20-10-8-18-35(37)42)39-27-33(30-15-5-2-6-16-30)28-41-44(39)38-21-11-12-22-40(38)45-41/h1-28H/i1D,2D,3D,4D,5D,6D,7D,8D,9D,10D,11D,12D,13D,14D,15D,16D,17D,18D,19D,20D,21D,22D,27D,28D. The molecule has 1 nitrogen and oxygen atoms in total. The fraction of sp³-hybridized carbons (Fsp3) is 0. The smallest absolute Gasteiger partial charge is 0.136 e. The van der Waals surface area contributed by atoms with Gasteiger partial charge in [0.25, 0.3) is 0 Å². The number of benzene rings is 8. The van der Waals surface area contributed by atoms with Gasteiger partial charge >= 0.3 is 0 Å². The van der Waals surface area contributed by atoms with Crippen LogP contribution in [0.2, 0.25) is 0 Å². The van der Waals surface area contributed by atoms with E-state index in [1.165, 1.54) is 24.3 Å². The summed E-state index contributed by atoms with van der Waals surface area (Å²) >= 11 is 0. The average molecular weight is 597 g/mol. The van der Waals surface area contributed by atoms with E-state index in [-0.39, 0.29) is 22.3 Å². The third-order valence-corrected chi connectivity index (χ3v) is 7.41. The van der Waals surface area contributed by atoms with Gasteiger partial charge in [-0.1, -0.05) is 151 Å². The summed E-state index contributed by atoms with van der Waals surface area (Å²) in [6.07, 6.45) is 0. The first kappa shape index (κ1) is 11.2. The summed E-state index contributed by atoms with van der Waals surface area (Å²) in [6.45, 7) is 0. The number of rotatable bonds is 4. The van der Waals surface area contributed by atoms with Crippen LogP contribution in [-0.4, -0.2) is 0 Å². The molecular formula is C44H28O.